The molecule has 35 heavy (non-hydrogen) atoms. The molecule has 0 aliphatic carbocycles. The number of ether oxygens (including phenoxy) is 3. The zero-order chi connectivity index (χ0) is 24.4. The van der Waals surface area contributed by atoms with Crippen molar-refractivity contribution in [3.05, 3.63) is 59.6 Å². The third-order valence-electron chi connectivity index (χ3n) is 6.35. The molecule has 3 heterocycles. The highest BCUT2D eigenvalue weighted by atomic mass is 35.5. The minimum Gasteiger partial charge on any atom is -0.462 e. The number of hydrogen-bond donors (Lipinski definition) is 0. The summed E-state index contributed by atoms with van der Waals surface area (Å²) < 4.78 is 32.5. The second-order valence-corrected chi connectivity index (χ2v) is 9.05. The standard InChI is InChI=1S/C26H26ClFN4O3/c1-32-14-19(34-10-9-33-2)11-18(32)15-35-26-30-13-17-12-29-25(23(28)24(17)31-26)20-7-3-5-16-6-4-8-21(27)22(16)20/h3-8,12-13,18-19H,9-11,14-15H2,1-2H3/t18-,19+/m0/s1. The van der Waals surface area contributed by atoms with Gasteiger partial charge in [-0.05, 0) is 24.9 Å². The van der Waals surface area contributed by atoms with E-state index in [0.29, 0.717) is 35.8 Å². The Bertz CT molecular complexity index is 1350. The highest BCUT2D eigenvalue weighted by Gasteiger charge is 2.30. The van der Waals surface area contributed by atoms with Gasteiger partial charge in [0, 0.05) is 53.4 Å². The van der Waals surface area contributed by atoms with Crippen LogP contribution < -0.4 is 4.74 Å². The van der Waals surface area contributed by atoms with Crippen molar-refractivity contribution in [3.63, 3.8) is 0 Å². The molecular weight excluding hydrogens is 471 g/mol. The van der Waals surface area contributed by atoms with Gasteiger partial charge < -0.3 is 14.2 Å². The third-order valence-corrected chi connectivity index (χ3v) is 6.66. The van der Waals surface area contributed by atoms with Crippen LogP contribution in [0.2, 0.25) is 5.02 Å². The smallest absolute Gasteiger partial charge is 0.317 e. The number of likely N-dealkylation sites (tertiary alicyclic amines) is 1. The van der Waals surface area contributed by atoms with E-state index in [1.54, 1.807) is 19.4 Å². The number of halogens is 2. The molecule has 2 aromatic heterocycles. The predicted octanol–water partition coefficient (Wildman–Crippen LogP) is 4.75. The maximum Gasteiger partial charge on any atom is 0.317 e. The Morgan fingerprint density at radius 3 is 2.71 bits per heavy atom. The van der Waals surface area contributed by atoms with Crippen molar-refractivity contribution < 1.29 is 18.6 Å². The van der Waals surface area contributed by atoms with Crippen molar-refractivity contribution in [1.82, 2.24) is 19.9 Å². The van der Waals surface area contributed by atoms with Crippen LogP contribution in [0.15, 0.2) is 48.8 Å². The number of nitrogens with zero attached hydrogens (tertiary/aromatic N) is 4. The number of pyridine rings is 1. The summed E-state index contributed by atoms with van der Waals surface area (Å²) in [5.41, 5.74) is 0.956. The molecule has 0 radical (unpaired) electrons. The van der Waals surface area contributed by atoms with Crippen molar-refractivity contribution in [3.8, 4) is 17.3 Å². The van der Waals surface area contributed by atoms with Gasteiger partial charge in [-0.1, -0.05) is 41.9 Å². The summed E-state index contributed by atoms with van der Waals surface area (Å²) in [7, 11) is 3.69. The molecule has 9 heteroatoms. The summed E-state index contributed by atoms with van der Waals surface area (Å²) in [6.45, 7) is 2.33. The molecule has 1 fully saturated rings. The molecule has 182 valence electrons. The van der Waals surface area contributed by atoms with Crippen molar-refractivity contribution in [2.24, 2.45) is 0 Å². The highest BCUT2D eigenvalue weighted by molar-refractivity contribution is 6.36. The first-order chi connectivity index (χ1) is 17.0. The number of fused-ring (bicyclic) bond motifs is 2. The Hall–Kier alpha value is -2.91. The first-order valence-corrected chi connectivity index (χ1v) is 11.9. The second kappa shape index (κ2) is 10.4. The number of methoxy groups -OCH3 is 1. The monoisotopic (exact) mass is 496 g/mol. The van der Waals surface area contributed by atoms with Gasteiger partial charge in [-0.25, -0.2) is 9.37 Å². The van der Waals surface area contributed by atoms with Crippen LogP contribution in [0.1, 0.15) is 6.42 Å². The van der Waals surface area contributed by atoms with Crippen LogP contribution in [0.4, 0.5) is 4.39 Å². The molecule has 0 N–H and O–H groups in total. The minimum atomic E-state index is -0.535. The number of benzene rings is 2. The van der Waals surface area contributed by atoms with E-state index in [4.69, 9.17) is 25.8 Å². The van der Waals surface area contributed by atoms with E-state index in [0.717, 1.165) is 23.7 Å². The quantitative estimate of drug-likeness (QED) is 0.326. The lowest BCUT2D eigenvalue weighted by molar-refractivity contribution is 0.0229. The van der Waals surface area contributed by atoms with Crippen LogP contribution in [0, 0.1) is 5.82 Å². The minimum absolute atomic E-state index is 0.125. The molecule has 1 saturated heterocycles. The van der Waals surface area contributed by atoms with Gasteiger partial charge in [0.05, 0.1) is 19.3 Å². The molecule has 0 unspecified atom stereocenters. The highest BCUT2D eigenvalue weighted by Crippen LogP contribution is 2.35. The Balaban J connectivity index is 1.38. The summed E-state index contributed by atoms with van der Waals surface area (Å²) in [5, 5.41) is 2.69. The van der Waals surface area contributed by atoms with Gasteiger partial charge >= 0.3 is 6.01 Å². The first kappa shape index (κ1) is 23.8. The predicted molar refractivity (Wildman–Crippen MR) is 133 cm³/mol. The topological polar surface area (TPSA) is 69.6 Å². The molecule has 4 aromatic rings. The number of rotatable bonds is 8. The van der Waals surface area contributed by atoms with E-state index in [9.17, 15) is 0 Å². The summed E-state index contributed by atoms with van der Waals surface area (Å²) in [6.07, 6.45) is 4.06. The third kappa shape index (κ3) is 4.92. The molecule has 2 atom stereocenters. The summed E-state index contributed by atoms with van der Waals surface area (Å²) in [5.74, 6) is -0.535. The van der Waals surface area contributed by atoms with E-state index in [1.807, 2.05) is 37.4 Å². The molecule has 1 aliphatic rings. The fourth-order valence-corrected chi connectivity index (χ4v) is 4.79. The van der Waals surface area contributed by atoms with E-state index in [1.165, 1.54) is 6.20 Å². The Morgan fingerprint density at radius 1 is 1.09 bits per heavy atom. The average Bonchev–Trinajstić information content (AvgIpc) is 3.22. The van der Waals surface area contributed by atoms with Crippen molar-refractivity contribution in [1.29, 1.82) is 0 Å². The number of hydrogen-bond acceptors (Lipinski definition) is 7. The van der Waals surface area contributed by atoms with Gasteiger partial charge in [-0.3, -0.25) is 9.88 Å². The van der Waals surface area contributed by atoms with Gasteiger partial charge in [0.15, 0.2) is 5.82 Å². The molecule has 0 spiro atoms. The SMILES string of the molecule is COCCO[C@@H]1C[C@@H](COc2ncc3cnc(-c4cccc5cccc(Cl)c45)c(F)c3n2)N(C)C1. The van der Waals surface area contributed by atoms with Gasteiger partial charge in [0.1, 0.15) is 17.8 Å². The van der Waals surface area contributed by atoms with Crippen molar-refractivity contribution in [2.75, 3.05) is 40.5 Å². The van der Waals surface area contributed by atoms with Crippen LogP contribution in [-0.4, -0.2) is 72.5 Å². The molecule has 0 bridgehead atoms. The summed E-state index contributed by atoms with van der Waals surface area (Å²) >= 11 is 6.45. The first-order valence-electron chi connectivity index (χ1n) is 11.5. The molecule has 7 nitrogen and oxygen atoms in total. The van der Waals surface area contributed by atoms with Crippen LogP contribution in [0.3, 0.4) is 0 Å². The van der Waals surface area contributed by atoms with E-state index in [2.05, 4.69) is 19.9 Å². The van der Waals surface area contributed by atoms with Crippen LogP contribution >= 0.6 is 11.6 Å². The largest absolute Gasteiger partial charge is 0.462 e. The molecule has 0 amide bonds. The Kier molecular flexibility index (Phi) is 7.06. The van der Waals surface area contributed by atoms with E-state index in [-0.39, 0.29) is 29.4 Å². The van der Waals surface area contributed by atoms with Gasteiger partial charge in [0.2, 0.25) is 0 Å². The molecular formula is C26H26ClFN4O3. The lowest BCUT2D eigenvalue weighted by Gasteiger charge is -2.18. The van der Waals surface area contributed by atoms with Gasteiger partial charge in [-0.15, -0.1) is 0 Å². The average molecular weight is 497 g/mol. The van der Waals surface area contributed by atoms with Crippen LogP contribution in [0.5, 0.6) is 6.01 Å². The fraction of sp³-hybridized carbons (Fsp3) is 0.346. The van der Waals surface area contributed by atoms with Crippen molar-refractivity contribution in [2.45, 2.75) is 18.6 Å². The maximum absolute atomic E-state index is 15.7. The molecule has 5 rings (SSSR count). The van der Waals surface area contributed by atoms with E-state index >= 15 is 4.39 Å². The lowest BCUT2D eigenvalue weighted by atomic mass is 10.0. The summed E-state index contributed by atoms with van der Waals surface area (Å²) in [6, 6.07) is 11.5. The number of aromatic nitrogens is 3. The van der Waals surface area contributed by atoms with Gasteiger partial charge in [-0.2, -0.15) is 4.98 Å². The maximum atomic E-state index is 15.7. The van der Waals surface area contributed by atoms with Gasteiger partial charge in [0.25, 0.3) is 0 Å². The lowest BCUT2D eigenvalue weighted by Crippen LogP contribution is -2.31. The van der Waals surface area contributed by atoms with Crippen LogP contribution in [0.25, 0.3) is 32.9 Å². The zero-order valence-corrected chi connectivity index (χ0v) is 20.3. The van der Waals surface area contributed by atoms with Crippen LogP contribution in [-0.2, 0) is 9.47 Å². The molecule has 2 aromatic carbocycles. The fourth-order valence-electron chi connectivity index (χ4n) is 4.51. The zero-order valence-electron chi connectivity index (χ0n) is 19.6. The molecule has 0 saturated carbocycles. The number of likely N-dealkylation sites (N-methyl/N-ethyl adjacent to an activating group) is 1. The Morgan fingerprint density at radius 2 is 1.89 bits per heavy atom. The Labute approximate surface area is 207 Å². The summed E-state index contributed by atoms with van der Waals surface area (Å²) in [4.78, 5) is 15.2. The van der Waals surface area contributed by atoms with E-state index < -0.39 is 5.82 Å². The van der Waals surface area contributed by atoms with Crippen molar-refractivity contribution >= 4 is 33.3 Å². The normalized spacial score (nSPS) is 18.5. The second-order valence-electron chi connectivity index (χ2n) is 8.65. The molecule has 1 aliphatic heterocycles.